The van der Waals surface area contributed by atoms with Crippen molar-refractivity contribution in [2.24, 2.45) is 11.8 Å². The van der Waals surface area contributed by atoms with Crippen molar-refractivity contribution in [3.63, 3.8) is 0 Å². The van der Waals surface area contributed by atoms with Gasteiger partial charge < -0.3 is 0 Å². The van der Waals surface area contributed by atoms with Crippen LogP contribution >= 0.6 is 7.92 Å². The van der Waals surface area contributed by atoms with Crippen LogP contribution in [-0.4, -0.2) is 16.0 Å². The van der Waals surface area contributed by atoms with Crippen LogP contribution in [0.25, 0.3) is 0 Å². The molecule has 2 aliphatic carbocycles. The lowest BCUT2D eigenvalue weighted by Gasteiger charge is -2.48. The van der Waals surface area contributed by atoms with Gasteiger partial charge in [-0.25, -0.2) is 0 Å². The van der Waals surface area contributed by atoms with E-state index in [0.717, 1.165) is 17.5 Å². The van der Waals surface area contributed by atoms with E-state index in [1.165, 1.54) is 0 Å². The van der Waals surface area contributed by atoms with E-state index in [-0.39, 0.29) is 7.92 Å². The third-order valence-corrected chi connectivity index (χ3v) is 8.66. The first kappa shape index (κ1) is 12.9. The Balaban J connectivity index is 2.20. The molecule has 1 heteroatoms. The van der Waals surface area contributed by atoms with Crippen LogP contribution in [0, 0.1) is 11.8 Å². The predicted octanol–water partition coefficient (Wildman–Crippen LogP) is 5.25. The summed E-state index contributed by atoms with van der Waals surface area (Å²) in [4.78, 5) is 0. The van der Waals surface area contributed by atoms with Crippen molar-refractivity contribution < 1.29 is 0 Å². The Bertz CT molecular complexity index is 242. The zero-order chi connectivity index (χ0) is 12.1. The number of rotatable bonds is 1. The number of hydrogen-bond donors (Lipinski definition) is 0. The highest BCUT2D eigenvalue weighted by Gasteiger charge is 2.49. The Morgan fingerprint density at radius 2 is 1.38 bits per heavy atom. The lowest BCUT2D eigenvalue weighted by Crippen LogP contribution is -2.33. The van der Waals surface area contributed by atoms with Gasteiger partial charge in [0.2, 0.25) is 0 Å². The zero-order valence-electron chi connectivity index (χ0n) is 12.0. The summed E-state index contributed by atoms with van der Waals surface area (Å²) >= 11 is 0. The van der Waals surface area contributed by atoms with Crippen molar-refractivity contribution in [2.45, 2.75) is 83.2 Å². The van der Waals surface area contributed by atoms with Crippen LogP contribution in [0.5, 0.6) is 0 Å². The Kier molecular flexibility index (Phi) is 3.20. The van der Waals surface area contributed by atoms with Gasteiger partial charge in [0.15, 0.2) is 0 Å². The van der Waals surface area contributed by atoms with Gasteiger partial charge in [0.05, 0.1) is 0 Å². The van der Waals surface area contributed by atoms with Gasteiger partial charge >= 0.3 is 0 Å². The minimum absolute atomic E-state index is 0.141. The van der Waals surface area contributed by atoms with E-state index in [9.17, 15) is 0 Å². The molecule has 1 unspecified atom stereocenters. The Hall–Kier alpha value is 0.430. The topological polar surface area (TPSA) is 0 Å². The molecular formula is C15H29P. The van der Waals surface area contributed by atoms with E-state index in [2.05, 4.69) is 41.5 Å². The molecule has 2 rings (SSSR count). The van der Waals surface area contributed by atoms with E-state index >= 15 is 0 Å². The van der Waals surface area contributed by atoms with Crippen LogP contribution in [-0.2, 0) is 0 Å². The van der Waals surface area contributed by atoms with Gasteiger partial charge in [0.1, 0.15) is 0 Å². The van der Waals surface area contributed by atoms with Crippen LogP contribution in [0.4, 0.5) is 0 Å². The highest BCUT2D eigenvalue weighted by atomic mass is 31.1. The van der Waals surface area contributed by atoms with Crippen molar-refractivity contribution >= 4 is 7.92 Å². The zero-order valence-corrected chi connectivity index (χ0v) is 12.9. The van der Waals surface area contributed by atoms with E-state index in [1.54, 1.807) is 25.7 Å². The van der Waals surface area contributed by atoms with Crippen molar-refractivity contribution in [3.05, 3.63) is 0 Å². The fourth-order valence-electron chi connectivity index (χ4n) is 4.53. The second kappa shape index (κ2) is 3.98. The lowest BCUT2D eigenvalue weighted by molar-refractivity contribution is 0.475. The first-order valence-corrected chi connectivity index (χ1v) is 8.40. The molecular weight excluding hydrogens is 211 g/mol. The summed E-state index contributed by atoms with van der Waals surface area (Å²) < 4.78 is 0. The average molecular weight is 240 g/mol. The summed E-state index contributed by atoms with van der Waals surface area (Å²) in [6.07, 6.45) is 6.21. The van der Waals surface area contributed by atoms with Crippen LogP contribution in [0.2, 0.25) is 0 Å². The van der Waals surface area contributed by atoms with E-state index in [4.69, 9.17) is 0 Å². The molecule has 0 spiro atoms. The SMILES string of the molecule is CC(C)(C)P(C1C[C@@H]2CC[C@H]1C2)C(C)(C)C. The standard InChI is InChI=1S/C15H29P/c1-14(2,3)16(15(4,5)6)13-10-11-7-8-12(13)9-11/h11-13H,7-10H2,1-6H3/t11-,12+,13?/m1/s1. The van der Waals surface area contributed by atoms with Gasteiger partial charge in [-0.05, 0) is 47.1 Å². The molecule has 0 aliphatic heterocycles. The first-order chi connectivity index (χ1) is 7.19. The molecule has 2 fully saturated rings. The van der Waals surface area contributed by atoms with E-state index in [0.29, 0.717) is 10.3 Å². The Morgan fingerprint density at radius 3 is 1.69 bits per heavy atom. The molecule has 2 saturated carbocycles. The molecule has 0 amide bonds. The molecule has 2 aliphatic rings. The van der Waals surface area contributed by atoms with Crippen molar-refractivity contribution in [1.82, 2.24) is 0 Å². The smallest absolute Gasteiger partial charge is 0.0169 e. The second-order valence-electron chi connectivity index (χ2n) is 7.95. The maximum Gasteiger partial charge on any atom is -0.0169 e. The molecule has 0 N–H and O–H groups in total. The minimum atomic E-state index is 0.141. The molecule has 0 aromatic carbocycles. The molecule has 3 atom stereocenters. The summed E-state index contributed by atoms with van der Waals surface area (Å²) in [5, 5.41) is 1.06. The van der Waals surface area contributed by atoms with Gasteiger partial charge in [-0.3, -0.25) is 0 Å². The molecule has 2 bridgehead atoms. The highest BCUT2D eigenvalue weighted by molar-refractivity contribution is 7.61. The predicted molar refractivity (Wildman–Crippen MR) is 75.7 cm³/mol. The molecule has 0 saturated heterocycles. The second-order valence-corrected chi connectivity index (χ2v) is 12.0. The molecule has 0 aromatic heterocycles. The largest absolute Gasteiger partial charge is 0.0922 e. The molecule has 0 aromatic rings. The van der Waals surface area contributed by atoms with Crippen molar-refractivity contribution in [3.8, 4) is 0 Å². The van der Waals surface area contributed by atoms with Gasteiger partial charge in [-0.2, -0.15) is 0 Å². The summed E-state index contributed by atoms with van der Waals surface area (Å²) in [6, 6.07) is 0. The Morgan fingerprint density at radius 1 is 0.812 bits per heavy atom. The first-order valence-electron chi connectivity index (χ1n) is 6.99. The van der Waals surface area contributed by atoms with Crippen molar-refractivity contribution in [2.75, 3.05) is 0 Å². The van der Waals surface area contributed by atoms with Gasteiger partial charge in [-0.15, -0.1) is 0 Å². The number of fused-ring (bicyclic) bond motifs is 2. The third-order valence-electron chi connectivity index (χ3n) is 4.48. The van der Waals surface area contributed by atoms with Gasteiger partial charge in [0.25, 0.3) is 0 Å². The fourth-order valence-corrected chi connectivity index (χ4v) is 9.73. The molecule has 0 radical (unpaired) electrons. The normalized spacial score (nSPS) is 35.1. The van der Waals surface area contributed by atoms with E-state index < -0.39 is 0 Å². The van der Waals surface area contributed by atoms with Crippen molar-refractivity contribution in [1.29, 1.82) is 0 Å². The van der Waals surface area contributed by atoms with Crippen LogP contribution in [0.15, 0.2) is 0 Å². The lowest BCUT2D eigenvalue weighted by atomic mass is 10.0. The molecule has 0 heterocycles. The number of hydrogen-bond acceptors (Lipinski definition) is 0. The monoisotopic (exact) mass is 240 g/mol. The quantitative estimate of drug-likeness (QED) is 0.549. The maximum absolute atomic E-state index is 2.48. The van der Waals surface area contributed by atoms with Crippen LogP contribution in [0.1, 0.15) is 67.2 Å². The molecule has 0 nitrogen and oxygen atoms in total. The summed E-state index contributed by atoms with van der Waals surface area (Å²) in [7, 11) is 0.141. The van der Waals surface area contributed by atoms with Gasteiger partial charge in [-0.1, -0.05) is 55.9 Å². The van der Waals surface area contributed by atoms with Gasteiger partial charge in [0, 0.05) is 0 Å². The summed E-state index contributed by atoms with van der Waals surface area (Å²) in [5.74, 6) is 2.19. The highest BCUT2D eigenvalue weighted by Crippen LogP contribution is 2.69. The maximum atomic E-state index is 2.48. The van der Waals surface area contributed by atoms with Crippen LogP contribution < -0.4 is 0 Å². The minimum Gasteiger partial charge on any atom is -0.0922 e. The van der Waals surface area contributed by atoms with E-state index in [1.807, 2.05) is 0 Å². The summed E-state index contributed by atoms with van der Waals surface area (Å²) in [5.41, 5.74) is 1.08. The Labute approximate surface area is 103 Å². The summed E-state index contributed by atoms with van der Waals surface area (Å²) in [6.45, 7) is 14.9. The fraction of sp³-hybridized carbons (Fsp3) is 1.00. The van der Waals surface area contributed by atoms with Crippen LogP contribution in [0.3, 0.4) is 0 Å². The average Bonchev–Trinajstić information content (AvgIpc) is 2.58. The molecule has 94 valence electrons. The third kappa shape index (κ3) is 2.33. The molecule has 16 heavy (non-hydrogen) atoms.